The van der Waals surface area contributed by atoms with Gasteiger partial charge in [-0.05, 0) is 51.9 Å². The number of rotatable bonds is 0. The summed E-state index contributed by atoms with van der Waals surface area (Å²) in [4.78, 5) is 0. The van der Waals surface area contributed by atoms with Gasteiger partial charge in [0.05, 0.1) is 0 Å². The predicted octanol–water partition coefficient (Wildman–Crippen LogP) is 5.20. The van der Waals surface area contributed by atoms with E-state index in [1.54, 1.807) is 5.56 Å². The Balaban J connectivity index is 2.04. The molecule has 98 valence electrons. The average Bonchev–Trinajstić information content (AvgIpc) is 2.47. The van der Waals surface area contributed by atoms with Crippen LogP contribution in [0.15, 0.2) is 54.6 Å². The first-order valence-corrected chi connectivity index (χ1v) is 7.34. The molecule has 3 aromatic rings. The second-order valence-electron chi connectivity index (χ2n) is 5.89. The fraction of sp³-hybridized carbons (Fsp3) is 0.200. The molecule has 1 aliphatic rings. The maximum atomic E-state index is 2.39. The Morgan fingerprint density at radius 3 is 2.55 bits per heavy atom. The van der Waals surface area contributed by atoms with Crippen LogP contribution in [0.4, 0.5) is 0 Å². The molecule has 4 rings (SSSR count). The Kier molecular flexibility index (Phi) is 2.47. The van der Waals surface area contributed by atoms with E-state index in [0.29, 0.717) is 5.92 Å². The number of fused-ring (bicyclic) bond motifs is 3. The molecular weight excluding hydrogens is 240 g/mol. The number of hydrogen-bond donors (Lipinski definition) is 0. The monoisotopic (exact) mass is 258 g/mol. The Morgan fingerprint density at radius 1 is 0.900 bits per heavy atom. The summed E-state index contributed by atoms with van der Waals surface area (Å²) in [5.41, 5.74) is 7.50. The second kappa shape index (κ2) is 4.21. The smallest absolute Gasteiger partial charge is 0.00695 e. The van der Waals surface area contributed by atoms with Crippen molar-refractivity contribution in [2.75, 3.05) is 0 Å². The fourth-order valence-corrected chi connectivity index (χ4v) is 3.84. The van der Waals surface area contributed by atoms with Crippen molar-refractivity contribution < 1.29 is 0 Å². The average molecular weight is 258 g/mol. The highest BCUT2D eigenvalue weighted by Crippen LogP contribution is 2.40. The van der Waals surface area contributed by atoms with Crippen molar-refractivity contribution in [3.8, 4) is 0 Å². The minimum Gasteiger partial charge on any atom is -0.0620 e. The molecule has 0 radical (unpaired) electrons. The van der Waals surface area contributed by atoms with Crippen LogP contribution in [-0.4, -0.2) is 0 Å². The molecule has 0 spiro atoms. The molecule has 0 heterocycles. The highest BCUT2D eigenvalue weighted by molar-refractivity contribution is 5.88. The molecule has 0 bridgehead atoms. The third-order valence-electron chi connectivity index (χ3n) is 4.78. The Labute approximate surface area is 120 Å². The van der Waals surface area contributed by atoms with Crippen molar-refractivity contribution >= 4 is 10.8 Å². The van der Waals surface area contributed by atoms with E-state index in [0.717, 1.165) is 6.42 Å². The summed E-state index contributed by atoms with van der Waals surface area (Å²) in [7, 11) is 0. The lowest BCUT2D eigenvalue weighted by Gasteiger charge is -2.28. The van der Waals surface area contributed by atoms with Crippen LogP contribution in [0.5, 0.6) is 0 Å². The minimum absolute atomic E-state index is 0.500. The van der Waals surface area contributed by atoms with Crippen molar-refractivity contribution in [1.29, 1.82) is 0 Å². The SMILES string of the molecule is Cc1c2c(cc3ccccc13)Cc1ccccc1C2C. The molecule has 0 amide bonds. The van der Waals surface area contributed by atoms with E-state index < -0.39 is 0 Å². The summed E-state index contributed by atoms with van der Waals surface area (Å²) < 4.78 is 0. The summed E-state index contributed by atoms with van der Waals surface area (Å²) in [5.74, 6) is 0.500. The minimum atomic E-state index is 0.500. The Bertz CT molecular complexity index is 811. The van der Waals surface area contributed by atoms with E-state index in [2.05, 4.69) is 68.4 Å². The first-order valence-electron chi connectivity index (χ1n) is 7.34. The standard InChI is InChI=1S/C20H18/c1-13-18-9-5-3-7-15(18)11-17-12-16-8-4-6-10-19(16)14(2)20(13)17/h3-11,14H,12H2,1-2H3. The molecule has 1 atom stereocenters. The summed E-state index contributed by atoms with van der Waals surface area (Å²) in [6, 6.07) is 20.0. The number of aryl methyl sites for hydroxylation is 1. The molecule has 1 unspecified atom stereocenters. The zero-order chi connectivity index (χ0) is 13.7. The van der Waals surface area contributed by atoms with Crippen LogP contribution in [0.25, 0.3) is 10.8 Å². The first-order chi connectivity index (χ1) is 9.75. The van der Waals surface area contributed by atoms with Gasteiger partial charge in [0, 0.05) is 5.92 Å². The summed E-state index contributed by atoms with van der Waals surface area (Å²) in [6.45, 7) is 4.63. The lowest BCUT2D eigenvalue weighted by atomic mass is 9.76. The molecule has 0 aliphatic heterocycles. The van der Waals surface area contributed by atoms with E-state index in [4.69, 9.17) is 0 Å². The lowest BCUT2D eigenvalue weighted by molar-refractivity contribution is 0.839. The van der Waals surface area contributed by atoms with Crippen LogP contribution in [0.2, 0.25) is 0 Å². The Morgan fingerprint density at radius 2 is 1.65 bits per heavy atom. The van der Waals surface area contributed by atoms with E-state index in [-0.39, 0.29) is 0 Å². The van der Waals surface area contributed by atoms with E-state index in [1.165, 1.54) is 33.0 Å². The molecule has 0 saturated carbocycles. The Hall–Kier alpha value is -2.08. The quantitative estimate of drug-likeness (QED) is 0.519. The summed E-state index contributed by atoms with van der Waals surface area (Å²) in [5, 5.41) is 2.77. The number of hydrogen-bond acceptors (Lipinski definition) is 0. The zero-order valence-corrected chi connectivity index (χ0v) is 12.0. The van der Waals surface area contributed by atoms with Gasteiger partial charge in [-0.3, -0.25) is 0 Å². The maximum absolute atomic E-state index is 2.39. The van der Waals surface area contributed by atoms with Crippen LogP contribution in [0.1, 0.15) is 40.7 Å². The van der Waals surface area contributed by atoms with Crippen molar-refractivity contribution in [3.63, 3.8) is 0 Å². The van der Waals surface area contributed by atoms with Crippen LogP contribution in [0.3, 0.4) is 0 Å². The molecule has 0 N–H and O–H groups in total. The van der Waals surface area contributed by atoms with Crippen molar-refractivity contribution in [3.05, 3.63) is 82.4 Å². The van der Waals surface area contributed by atoms with Crippen molar-refractivity contribution in [1.82, 2.24) is 0 Å². The molecule has 0 nitrogen and oxygen atoms in total. The van der Waals surface area contributed by atoms with E-state index in [9.17, 15) is 0 Å². The van der Waals surface area contributed by atoms with E-state index >= 15 is 0 Å². The van der Waals surface area contributed by atoms with Gasteiger partial charge in [-0.25, -0.2) is 0 Å². The molecule has 0 saturated heterocycles. The van der Waals surface area contributed by atoms with Gasteiger partial charge in [0.1, 0.15) is 0 Å². The largest absolute Gasteiger partial charge is 0.0620 e. The van der Waals surface area contributed by atoms with Gasteiger partial charge in [-0.1, -0.05) is 61.5 Å². The van der Waals surface area contributed by atoms with Crippen LogP contribution in [0, 0.1) is 6.92 Å². The van der Waals surface area contributed by atoms with Crippen LogP contribution in [-0.2, 0) is 6.42 Å². The van der Waals surface area contributed by atoms with Crippen molar-refractivity contribution in [2.45, 2.75) is 26.2 Å². The predicted molar refractivity (Wildman–Crippen MR) is 85.5 cm³/mol. The molecule has 0 fully saturated rings. The first kappa shape index (κ1) is 11.7. The van der Waals surface area contributed by atoms with Gasteiger partial charge in [-0.15, -0.1) is 0 Å². The topological polar surface area (TPSA) is 0 Å². The number of benzene rings is 3. The van der Waals surface area contributed by atoms with Gasteiger partial charge in [0.2, 0.25) is 0 Å². The second-order valence-corrected chi connectivity index (χ2v) is 5.89. The fourth-order valence-electron chi connectivity index (χ4n) is 3.84. The highest BCUT2D eigenvalue weighted by Gasteiger charge is 2.24. The van der Waals surface area contributed by atoms with Crippen molar-refractivity contribution in [2.24, 2.45) is 0 Å². The molecule has 1 aliphatic carbocycles. The highest BCUT2D eigenvalue weighted by atomic mass is 14.3. The lowest BCUT2D eigenvalue weighted by Crippen LogP contribution is -2.13. The zero-order valence-electron chi connectivity index (χ0n) is 12.0. The third kappa shape index (κ3) is 1.54. The van der Waals surface area contributed by atoms with Crippen LogP contribution < -0.4 is 0 Å². The van der Waals surface area contributed by atoms with Gasteiger partial charge >= 0.3 is 0 Å². The summed E-state index contributed by atoms with van der Waals surface area (Å²) >= 11 is 0. The maximum Gasteiger partial charge on any atom is 0.00695 e. The molecular formula is C20H18. The molecule has 0 heteroatoms. The normalized spacial score (nSPS) is 16.8. The molecule has 20 heavy (non-hydrogen) atoms. The molecule has 3 aromatic carbocycles. The van der Waals surface area contributed by atoms with E-state index in [1.807, 2.05) is 0 Å². The molecule has 0 aromatic heterocycles. The van der Waals surface area contributed by atoms with Gasteiger partial charge in [0.25, 0.3) is 0 Å². The van der Waals surface area contributed by atoms with Gasteiger partial charge in [0.15, 0.2) is 0 Å². The van der Waals surface area contributed by atoms with Crippen LogP contribution >= 0.6 is 0 Å². The van der Waals surface area contributed by atoms with Gasteiger partial charge < -0.3 is 0 Å². The third-order valence-corrected chi connectivity index (χ3v) is 4.78. The van der Waals surface area contributed by atoms with Gasteiger partial charge in [-0.2, -0.15) is 0 Å². The summed E-state index contributed by atoms with van der Waals surface area (Å²) in [6.07, 6.45) is 1.07.